The normalized spacial score (nSPS) is 29.4. The van der Waals surface area contributed by atoms with Crippen LogP contribution in [0.5, 0.6) is 0 Å². The maximum Gasteiger partial charge on any atom is 0.223 e. The molecular weight excluding hydrogens is 276 g/mol. The van der Waals surface area contributed by atoms with Gasteiger partial charge in [0, 0.05) is 25.1 Å². The van der Waals surface area contributed by atoms with Gasteiger partial charge in [0.15, 0.2) is 0 Å². The number of nitrogens with one attached hydrogen (secondary N) is 1. The van der Waals surface area contributed by atoms with E-state index in [0.717, 1.165) is 51.6 Å². The van der Waals surface area contributed by atoms with Crippen LogP contribution in [-0.2, 0) is 9.53 Å². The van der Waals surface area contributed by atoms with Crippen molar-refractivity contribution in [3.8, 4) is 0 Å². The van der Waals surface area contributed by atoms with Crippen LogP contribution in [0.1, 0.15) is 57.8 Å². The highest BCUT2D eigenvalue weighted by atomic mass is 16.5. The molecule has 0 bridgehead atoms. The molecule has 2 aliphatic heterocycles. The molecular formula is C18H32N2O2. The van der Waals surface area contributed by atoms with Gasteiger partial charge in [-0.25, -0.2) is 0 Å². The van der Waals surface area contributed by atoms with Crippen LogP contribution in [0, 0.1) is 11.8 Å². The average molecular weight is 308 g/mol. The second-order valence-corrected chi connectivity index (χ2v) is 7.50. The fourth-order valence-electron chi connectivity index (χ4n) is 4.21. The van der Waals surface area contributed by atoms with E-state index in [1.165, 1.54) is 44.9 Å². The van der Waals surface area contributed by atoms with Gasteiger partial charge < -0.3 is 15.0 Å². The number of ether oxygens (including phenoxy) is 1. The van der Waals surface area contributed by atoms with E-state index in [1.54, 1.807) is 0 Å². The minimum absolute atomic E-state index is 0.249. The van der Waals surface area contributed by atoms with E-state index in [-0.39, 0.29) is 5.92 Å². The SMILES string of the molecule is O=C(NC1CCCCCC1)C1CCN(CC2CCOC2)CC1. The molecule has 4 nitrogen and oxygen atoms in total. The molecule has 22 heavy (non-hydrogen) atoms. The molecule has 1 amide bonds. The van der Waals surface area contributed by atoms with Gasteiger partial charge in [-0.1, -0.05) is 25.7 Å². The van der Waals surface area contributed by atoms with Crippen molar-refractivity contribution in [1.82, 2.24) is 10.2 Å². The lowest BCUT2D eigenvalue weighted by atomic mass is 9.94. The largest absolute Gasteiger partial charge is 0.381 e. The van der Waals surface area contributed by atoms with E-state index in [0.29, 0.717) is 11.9 Å². The Balaban J connectivity index is 1.37. The molecule has 1 saturated carbocycles. The van der Waals surface area contributed by atoms with Crippen LogP contribution in [0.15, 0.2) is 0 Å². The number of nitrogens with zero attached hydrogens (tertiary/aromatic N) is 1. The summed E-state index contributed by atoms with van der Waals surface area (Å²) < 4.78 is 5.46. The fourth-order valence-corrected chi connectivity index (χ4v) is 4.21. The monoisotopic (exact) mass is 308 g/mol. The molecule has 0 radical (unpaired) electrons. The highest BCUT2D eigenvalue weighted by Crippen LogP contribution is 2.22. The lowest BCUT2D eigenvalue weighted by molar-refractivity contribution is -0.127. The van der Waals surface area contributed by atoms with Gasteiger partial charge in [-0.3, -0.25) is 4.79 Å². The number of rotatable bonds is 4. The summed E-state index contributed by atoms with van der Waals surface area (Å²) in [5, 5.41) is 3.34. The quantitative estimate of drug-likeness (QED) is 0.812. The van der Waals surface area contributed by atoms with E-state index in [2.05, 4.69) is 10.2 Å². The minimum Gasteiger partial charge on any atom is -0.381 e. The van der Waals surface area contributed by atoms with Crippen molar-refractivity contribution in [2.75, 3.05) is 32.8 Å². The Morgan fingerprint density at radius 3 is 2.36 bits per heavy atom. The zero-order valence-electron chi connectivity index (χ0n) is 13.9. The molecule has 2 saturated heterocycles. The maximum absolute atomic E-state index is 12.5. The third-order valence-corrected chi connectivity index (χ3v) is 5.70. The van der Waals surface area contributed by atoms with Crippen molar-refractivity contribution < 1.29 is 9.53 Å². The number of hydrogen-bond donors (Lipinski definition) is 1. The molecule has 3 fully saturated rings. The van der Waals surface area contributed by atoms with Gasteiger partial charge >= 0.3 is 0 Å². The van der Waals surface area contributed by atoms with Crippen molar-refractivity contribution in [2.45, 2.75) is 63.8 Å². The maximum atomic E-state index is 12.5. The van der Waals surface area contributed by atoms with Crippen molar-refractivity contribution >= 4 is 5.91 Å². The van der Waals surface area contributed by atoms with E-state index in [4.69, 9.17) is 4.74 Å². The topological polar surface area (TPSA) is 41.6 Å². The van der Waals surface area contributed by atoms with E-state index >= 15 is 0 Å². The highest BCUT2D eigenvalue weighted by molar-refractivity contribution is 5.79. The van der Waals surface area contributed by atoms with Crippen LogP contribution < -0.4 is 5.32 Å². The van der Waals surface area contributed by atoms with Crippen LogP contribution in [-0.4, -0.2) is 49.7 Å². The second kappa shape index (κ2) is 8.30. The van der Waals surface area contributed by atoms with Crippen molar-refractivity contribution in [3.63, 3.8) is 0 Å². The lowest BCUT2D eigenvalue weighted by Crippen LogP contribution is -2.44. The summed E-state index contributed by atoms with van der Waals surface area (Å²) in [6.07, 6.45) is 10.9. The van der Waals surface area contributed by atoms with E-state index < -0.39 is 0 Å². The molecule has 1 atom stereocenters. The number of likely N-dealkylation sites (tertiary alicyclic amines) is 1. The molecule has 1 aliphatic carbocycles. The first-order valence-corrected chi connectivity index (χ1v) is 9.42. The molecule has 0 aromatic carbocycles. The number of amides is 1. The van der Waals surface area contributed by atoms with Gasteiger partial charge in [0.05, 0.1) is 6.61 Å². The third-order valence-electron chi connectivity index (χ3n) is 5.70. The van der Waals surface area contributed by atoms with E-state index in [1.807, 2.05) is 0 Å². The number of hydrogen-bond acceptors (Lipinski definition) is 3. The van der Waals surface area contributed by atoms with Crippen molar-refractivity contribution in [2.24, 2.45) is 11.8 Å². The summed E-state index contributed by atoms with van der Waals surface area (Å²) in [7, 11) is 0. The summed E-state index contributed by atoms with van der Waals surface area (Å²) in [5.74, 6) is 1.30. The number of carbonyl (C=O) groups is 1. The Morgan fingerprint density at radius 2 is 1.73 bits per heavy atom. The smallest absolute Gasteiger partial charge is 0.223 e. The van der Waals surface area contributed by atoms with Gasteiger partial charge in [-0.2, -0.15) is 0 Å². The van der Waals surface area contributed by atoms with Crippen LogP contribution in [0.3, 0.4) is 0 Å². The molecule has 3 rings (SSSR count). The first-order chi connectivity index (χ1) is 10.8. The molecule has 0 aromatic rings. The minimum atomic E-state index is 0.249. The second-order valence-electron chi connectivity index (χ2n) is 7.50. The Hall–Kier alpha value is -0.610. The predicted molar refractivity (Wildman–Crippen MR) is 87.7 cm³/mol. The molecule has 126 valence electrons. The van der Waals surface area contributed by atoms with Crippen molar-refractivity contribution in [1.29, 1.82) is 0 Å². The predicted octanol–water partition coefficient (Wildman–Crippen LogP) is 2.57. The number of carbonyl (C=O) groups excluding carboxylic acids is 1. The van der Waals surface area contributed by atoms with E-state index in [9.17, 15) is 4.79 Å². The molecule has 4 heteroatoms. The standard InChI is InChI=1S/C18H32N2O2/c21-18(19-17-5-3-1-2-4-6-17)16-7-10-20(11-8-16)13-15-9-12-22-14-15/h15-17H,1-14H2,(H,19,21). The highest BCUT2D eigenvalue weighted by Gasteiger charge is 2.28. The lowest BCUT2D eigenvalue weighted by Gasteiger charge is -2.33. The van der Waals surface area contributed by atoms with Gasteiger partial charge in [-0.05, 0) is 51.1 Å². The first kappa shape index (κ1) is 16.3. The molecule has 3 aliphatic rings. The molecule has 1 unspecified atom stereocenters. The van der Waals surface area contributed by atoms with Crippen LogP contribution in [0.2, 0.25) is 0 Å². The molecule has 0 aromatic heterocycles. The Bertz CT molecular complexity index is 339. The van der Waals surface area contributed by atoms with Crippen LogP contribution >= 0.6 is 0 Å². The zero-order chi connectivity index (χ0) is 15.2. The summed E-state index contributed by atoms with van der Waals surface area (Å²) in [6, 6.07) is 0.448. The summed E-state index contributed by atoms with van der Waals surface area (Å²) in [6.45, 7) is 5.20. The third kappa shape index (κ3) is 4.69. The van der Waals surface area contributed by atoms with Gasteiger partial charge in [-0.15, -0.1) is 0 Å². The Labute approximate surface area is 135 Å². The summed E-state index contributed by atoms with van der Waals surface area (Å²) in [4.78, 5) is 15.0. The van der Waals surface area contributed by atoms with Gasteiger partial charge in [0.2, 0.25) is 5.91 Å². The van der Waals surface area contributed by atoms with Gasteiger partial charge in [0.1, 0.15) is 0 Å². The van der Waals surface area contributed by atoms with Crippen LogP contribution in [0.25, 0.3) is 0 Å². The molecule has 0 spiro atoms. The Kier molecular flexibility index (Phi) is 6.13. The van der Waals surface area contributed by atoms with Crippen molar-refractivity contribution in [3.05, 3.63) is 0 Å². The summed E-state index contributed by atoms with van der Waals surface area (Å²) in [5.41, 5.74) is 0. The summed E-state index contributed by atoms with van der Waals surface area (Å²) >= 11 is 0. The van der Waals surface area contributed by atoms with Crippen LogP contribution in [0.4, 0.5) is 0 Å². The first-order valence-electron chi connectivity index (χ1n) is 9.42. The zero-order valence-corrected chi connectivity index (χ0v) is 13.9. The Morgan fingerprint density at radius 1 is 1.00 bits per heavy atom. The average Bonchev–Trinajstić information content (AvgIpc) is 2.91. The fraction of sp³-hybridized carbons (Fsp3) is 0.944. The van der Waals surface area contributed by atoms with Gasteiger partial charge in [0.25, 0.3) is 0 Å². The molecule has 2 heterocycles. The molecule has 1 N–H and O–H groups in total. The number of piperidine rings is 1.